The number of carbonyl (C=O) groups is 2. The number of rotatable bonds is 5. The molecule has 0 aromatic heterocycles. The van der Waals surface area contributed by atoms with E-state index in [2.05, 4.69) is 5.32 Å². The molecule has 130 valence electrons. The number of nitro groups is 1. The topological polar surface area (TPSA) is 102 Å². The fourth-order valence-corrected chi connectivity index (χ4v) is 2.13. The molecule has 0 aliphatic heterocycles. The minimum atomic E-state index is -0.609. The summed E-state index contributed by atoms with van der Waals surface area (Å²) >= 11 is 0. The summed E-state index contributed by atoms with van der Waals surface area (Å²) in [5.74, 6) is -0.515. The monoisotopic (exact) mass is 343 g/mol. The molecule has 0 fully saturated rings. The lowest BCUT2D eigenvalue weighted by Gasteiger charge is -2.15. The second-order valence-electron chi connectivity index (χ2n) is 5.22. The molecule has 2 aromatic rings. The largest absolute Gasteiger partial charge is 0.490 e. The van der Waals surface area contributed by atoms with E-state index in [1.165, 1.54) is 31.1 Å². The summed E-state index contributed by atoms with van der Waals surface area (Å²) in [4.78, 5) is 35.5. The van der Waals surface area contributed by atoms with E-state index in [-0.39, 0.29) is 22.9 Å². The highest BCUT2D eigenvalue weighted by molar-refractivity contribution is 6.05. The van der Waals surface area contributed by atoms with Crippen molar-refractivity contribution >= 4 is 28.9 Å². The van der Waals surface area contributed by atoms with Crippen LogP contribution in [0.3, 0.4) is 0 Å². The number of hydrogen-bond acceptors (Lipinski definition) is 5. The Bertz CT molecular complexity index is 818. The van der Waals surface area contributed by atoms with Gasteiger partial charge in [-0.05, 0) is 36.4 Å². The van der Waals surface area contributed by atoms with Crippen molar-refractivity contribution in [3.8, 4) is 5.75 Å². The van der Waals surface area contributed by atoms with Gasteiger partial charge in [0, 0.05) is 37.0 Å². The summed E-state index contributed by atoms with van der Waals surface area (Å²) in [7, 11) is 2.97. The van der Waals surface area contributed by atoms with Crippen LogP contribution in [0.1, 0.15) is 17.3 Å². The predicted octanol–water partition coefficient (Wildman–Crippen LogP) is 2.84. The number of amides is 2. The molecule has 2 aromatic carbocycles. The molecule has 2 amide bonds. The van der Waals surface area contributed by atoms with Gasteiger partial charge >= 0.3 is 5.69 Å². The number of methoxy groups -OCH3 is 1. The maximum Gasteiger partial charge on any atom is 0.311 e. The first-order valence-electron chi connectivity index (χ1n) is 7.31. The molecule has 0 unspecified atom stereocenters. The number of nitrogens with one attached hydrogen (secondary N) is 1. The van der Waals surface area contributed by atoms with Crippen molar-refractivity contribution in [3.63, 3.8) is 0 Å². The van der Waals surface area contributed by atoms with Gasteiger partial charge in [-0.2, -0.15) is 0 Å². The molecule has 0 saturated heterocycles. The van der Waals surface area contributed by atoms with Crippen LogP contribution < -0.4 is 15.0 Å². The number of benzene rings is 2. The second-order valence-corrected chi connectivity index (χ2v) is 5.22. The molecular formula is C17H17N3O5. The SMILES string of the molecule is COc1ccc(C(=O)Nc2ccc(N(C)C(C)=O)cc2)cc1[N+](=O)[O-]. The van der Waals surface area contributed by atoms with Gasteiger partial charge in [0.15, 0.2) is 5.75 Å². The van der Waals surface area contributed by atoms with Gasteiger partial charge in [-0.1, -0.05) is 0 Å². The van der Waals surface area contributed by atoms with Gasteiger partial charge in [-0.15, -0.1) is 0 Å². The second kappa shape index (κ2) is 7.43. The van der Waals surface area contributed by atoms with E-state index in [4.69, 9.17) is 4.74 Å². The molecule has 8 heteroatoms. The van der Waals surface area contributed by atoms with E-state index >= 15 is 0 Å². The van der Waals surface area contributed by atoms with Gasteiger partial charge in [0.25, 0.3) is 5.91 Å². The molecule has 25 heavy (non-hydrogen) atoms. The highest BCUT2D eigenvalue weighted by Gasteiger charge is 2.18. The summed E-state index contributed by atoms with van der Waals surface area (Å²) in [6, 6.07) is 10.6. The van der Waals surface area contributed by atoms with Crippen LogP contribution in [-0.2, 0) is 4.79 Å². The zero-order valence-corrected chi connectivity index (χ0v) is 14.0. The van der Waals surface area contributed by atoms with Crippen molar-refractivity contribution in [1.29, 1.82) is 0 Å². The van der Waals surface area contributed by atoms with Gasteiger partial charge < -0.3 is 15.0 Å². The molecule has 1 N–H and O–H groups in total. The van der Waals surface area contributed by atoms with Crippen LogP contribution in [0.15, 0.2) is 42.5 Å². The minimum absolute atomic E-state index is 0.0816. The zero-order chi connectivity index (χ0) is 18.6. The first-order chi connectivity index (χ1) is 11.8. The molecule has 0 aliphatic carbocycles. The molecule has 0 saturated carbocycles. The summed E-state index contributed by atoms with van der Waals surface area (Å²) in [5.41, 5.74) is 1.04. The van der Waals surface area contributed by atoms with E-state index in [0.717, 1.165) is 6.07 Å². The fourth-order valence-electron chi connectivity index (χ4n) is 2.13. The van der Waals surface area contributed by atoms with E-state index < -0.39 is 10.8 Å². The minimum Gasteiger partial charge on any atom is -0.490 e. The maximum absolute atomic E-state index is 12.3. The molecule has 0 radical (unpaired) electrons. The van der Waals surface area contributed by atoms with E-state index in [1.807, 2.05) is 0 Å². The molecule has 0 heterocycles. The fraction of sp³-hybridized carbons (Fsp3) is 0.176. The van der Waals surface area contributed by atoms with Crippen molar-refractivity contribution in [2.45, 2.75) is 6.92 Å². The first-order valence-corrected chi connectivity index (χ1v) is 7.31. The average Bonchev–Trinajstić information content (AvgIpc) is 2.60. The molecule has 0 aliphatic rings. The normalized spacial score (nSPS) is 10.0. The molecule has 0 bridgehead atoms. The Labute approximate surface area is 144 Å². The lowest BCUT2D eigenvalue weighted by atomic mass is 10.1. The number of anilines is 2. The standard InChI is InChI=1S/C17H17N3O5/c1-11(21)19(2)14-7-5-13(6-8-14)18-17(22)12-4-9-16(25-3)15(10-12)20(23)24/h4-10H,1-3H3,(H,18,22). The van der Waals surface area contributed by atoms with Crippen LogP contribution in [0.4, 0.5) is 17.1 Å². The van der Waals surface area contributed by atoms with Crippen LogP contribution in [0.5, 0.6) is 5.75 Å². The van der Waals surface area contributed by atoms with Crippen molar-refractivity contribution < 1.29 is 19.2 Å². The van der Waals surface area contributed by atoms with Crippen LogP contribution in [-0.4, -0.2) is 30.9 Å². The number of carbonyl (C=O) groups excluding carboxylic acids is 2. The highest BCUT2D eigenvalue weighted by atomic mass is 16.6. The Morgan fingerprint density at radius 3 is 2.32 bits per heavy atom. The van der Waals surface area contributed by atoms with Crippen LogP contribution >= 0.6 is 0 Å². The Morgan fingerprint density at radius 1 is 1.16 bits per heavy atom. The highest BCUT2D eigenvalue weighted by Crippen LogP contribution is 2.28. The smallest absolute Gasteiger partial charge is 0.311 e. The van der Waals surface area contributed by atoms with Gasteiger partial charge in [-0.25, -0.2) is 0 Å². The molecule has 8 nitrogen and oxygen atoms in total. The summed E-state index contributed by atoms with van der Waals surface area (Å²) in [6.45, 7) is 1.45. The van der Waals surface area contributed by atoms with Gasteiger partial charge in [0.1, 0.15) is 0 Å². The zero-order valence-electron chi connectivity index (χ0n) is 14.0. The maximum atomic E-state index is 12.3. The van der Waals surface area contributed by atoms with Gasteiger partial charge in [-0.3, -0.25) is 19.7 Å². The van der Waals surface area contributed by atoms with E-state index in [1.54, 1.807) is 31.3 Å². The molecular weight excluding hydrogens is 326 g/mol. The summed E-state index contributed by atoms with van der Waals surface area (Å²) in [6.07, 6.45) is 0. The number of hydrogen-bond donors (Lipinski definition) is 1. The lowest BCUT2D eigenvalue weighted by molar-refractivity contribution is -0.385. The van der Waals surface area contributed by atoms with Crippen molar-refractivity contribution in [3.05, 3.63) is 58.1 Å². The third kappa shape index (κ3) is 4.11. The lowest BCUT2D eigenvalue weighted by Crippen LogP contribution is -2.22. The van der Waals surface area contributed by atoms with Crippen LogP contribution in [0.25, 0.3) is 0 Å². The summed E-state index contributed by atoms with van der Waals surface area (Å²) < 4.78 is 4.91. The summed E-state index contributed by atoms with van der Waals surface area (Å²) in [5, 5.41) is 13.7. The van der Waals surface area contributed by atoms with Crippen molar-refractivity contribution in [1.82, 2.24) is 0 Å². The number of nitro benzene ring substituents is 1. The van der Waals surface area contributed by atoms with Crippen molar-refractivity contribution in [2.24, 2.45) is 0 Å². The third-order valence-electron chi connectivity index (χ3n) is 3.62. The van der Waals surface area contributed by atoms with Gasteiger partial charge in [0.2, 0.25) is 5.91 Å². The van der Waals surface area contributed by atoms with Crippen molar-refractivity contribution in [2.75, 3.05) is 24.4 Å². The quantitative estimate of drug-likeness (QED) is 0.664. The average molecular weight is 343 g/mol. The Hall–Kier alpha value is -3.42. The van der Waals surface area contributed by atoms with Gasteiger partial charge in [0.05, 0.1) is 12.0 Å². The Balaban J connectivity index is 2.18. The predicted molar refractivity (Wildman–Crippen MR) is 93.1 cm³/mol. The molecule has 2 rings (SSSR count). The third-order valence-corrected chi connectivity index (χ3v) is 3.62. The Morgan fingerprint density at radius 2 is 1.80 bits per heavy atom. The molecule has 0 atom stereocenters. The molecule has 0 spiro atoms. The first kappa shape index (κ1) is 17.9. The van der Waals surface area contributed by atoms with Crippen LogP contribution in [0, 0.1) is 10.1 Å². The Kier molecular flexibility index (Phi) is 5.33. The van der Waals surface area contributed by atoms with Crippen LogP contribution in [0.2, 0.25) is 0 Å². The van der Waals surface area contributed by atoms with E-state index in [0.29, 0.717) is 11.4 Å². The number of ether oxygens (including phenoxy) is 1. The van der Waals surface area contributed by atoms with E-state index in [9.17, 15) is 19.7 Å². The number of nitrogens with zero attached hydrogens (tertiary/aromatic N) is 2.